The van der Waals surface area contributed by atoms with Crippen LogP contribution in [0.5, 0.6) is 0 Å². The van der Waals surface area contributed by atoms with Gasteiger partial charge in [0.15, 0.2) is 0 Å². The summed E-state index contributed by atoms with van der Waals surface area (Å²) in [6, 6.07) is 9.71. The first kappa shape index (κ1) is 12.6. The Hall–Kier alpha value is -0.860. The minimum Gasteiger partial charge on any atom is -0.307 e. The van der Waals surface area contributed by atoms with Crippen molar-refractivity contribution in [3.8, 4) is 0 Å². The van der Waals surface area contributed by atoms with Gasteiger partial charge in [-0.05, 0) is 44.2 Å². The molecule has 92 valence electrons. The maximum atomic E-state index is 3.66. The molecule has 0 spiro atoms. The Bertz CT molecular complexity index is 501. The van der Waals surface area contributed by atoms with E-state index in [1.165, 1.54) is 26.9 Å². The number of hydrogen-bond donors (Lipinski definition) is 1. The highest BCUT2D eigenvalue weighted by Crippen LogP contribution is 2.34. The molecule has 1 heterocycles. The van der Waals surface area contributed by atoms with Gasteiger partial charge in [-0.15, -0.1) is 11.3 Å². The number of benzene rings is 1. The smallest absolute Gasteiger partial charge is 0.0391 e. The molecule has 0 bridgehead atoms. The lowest BCUT2D eigenvalue weighted by atomic mass is 10.1. The summed E-state index contributed by atoms with van der Waals surface area (Å²) in [7, 11) is 0. The van der Waals surface area contributed by atoms with Crippen molar-refractivity contribution in [1.29, 1.82) is 0 Å². The zero-order valence-corrected chi connectivity index (χ0v) is 11.9. The van der Waals surface area contributed by atoms with Crippen molar-refractivity contribution < 1.29 is 0 Å². The third kappa shape index (κ3) is 2.53. The summed E-state index contributed by atoms with van der Waals surface area (Å²) in [5.74, 6) is 0. The van der Waals surface area contributed by atoms with Gasteiger partial charge in [0.05, 0.1) is 0 Å². The van der Waals surface area contributed by atoms with Crippen molar-refractivity contribution in [1.82, 2.24) is 5.32 Å². The normalized spacial score (nSPS) is 15.1. The molecular weight excluding hydrogens is 226 g/mol. The number of thiophene rings is 1. The first-order valence-corrected chi connectivity index (χ1v) is 7.19. The molecule has 2 atom stereocenters. The molecule has 1 aromatic carbocycles. The maximum Gasteiger partial charge on any atom is 0.0391 e. The summed E-state index contributed by atoms with van der Waals surface area (Å²) in [6.07, 6.45) is 1.17. The first-order valence-electron chi connectivity index (χ1n) is 6.37. The van der Waals surface area contributed by atoms with E-state index in [-0.39, 0.29) is 0 Å². The summed E-state index contributed by atoms with van der Waals surface area (Å²) < 4.78 is 1.40. The number of hydrogen-bond acceptors (Lipinski definition) is 2. The molecule has 2 aromatic rings. The topological polar surface area (TPSA) is 12.0 Å². The van der Waals surface area contributed by atoms with E-state index < -0.39 is 0 Å². The van der Waals surface area contributed by atoms with Gasteiger partial charge in [-0.3, -0.25) is 0 Å². The van der Waals surface area contributed by atoms with Crippen molar-refractivity contribution in [3.63, 3.8) is 0 Å². The van der Waals surface area contributed by atoms with Gasteiger partial charge in [-0.2, -0.15) is 0 Å². The van der Waals surface area contributed by atoms with E-state index in [1.807, 2.05) is 11.3 Å². The quantitative estimate of drug-likeness (QED) is 0.828. The number of fused-ring (bicyclic) bond motifs is 1. The standard InChI is InChI=1S/C15H21NS/c1-5-10(2)16-12(4)15-11(3)13-8-6-7-9-14(13)17-15/h6-10,12,16H,5H2,1-4H3. The molecule has 2 rings (SSSR count). The average Bonchev–Trinajstić information content (AvgIpc) is 2.67. The third-order valence-electron chi connectivity index (χ3n) is 3.42. The second-order valence-electron chi connectivity index (χ2n) is 4.79. The predicted octanol–water partition coefficient (Wildman–Crippen LogP) is 4.66. The van der Waals surface area contributed by atoms with Crippen LogP contribution in [-0.2, 0) is 0 Å². The Morgan fingerprint density at radius 2 is 1.94 bits per heavy atom. The molecule has 0 aliphatic heterocycles. The van der Waals surface area contributed by atoms with Crippen LogP contribution < -0.4 is 5.32 Å². The number of nitrogens with one attached hydrogen (secondary N) is 1. The van der Waals surface area contributed by atoms with Crippen LogP contribution in [0.3, 0.4) is 0 Å². The second-order valence-corrected chi connectivity index (χ2v) is 5.87. The summed E-state index contributed by atoms with van der Waals surface area (Å²) >= 11 is 1.92. The Balaban J connectivity index is 2.32. The molecule has 0 radical (unpaired) electrons. The van der Waals surface area contributed by atoms with Crippen LogP contribution in [0, 0.1) is 6.92 Å². The van der Waals surface area contributed by atoms with E-state index in [0.717, 1.165) is 0 Å². The van der Waals surface area contributed by atoms with Crippen LogP contribution in [0.4, 0.5) is 0 Å². The molecule has 1 aromatic heterocycles. The molecule has 0 aliphatic carbocycles. The fourth-order valence-electron chi connectivity index (χ4n) is 2.23. The van der Waals surface area contributed by atoms with Crippen molar-refractivity contribution in [2.75, 3.05) is 0 Å². The highest BCUT2D eigenvalue weighted by atomic mass is 32.1. The van der Waals surface area contributed by atoms with Crippen LogP contribution in [0.15, 0.2) is 24.3 Å². The lowest BCUT2D eigenvalue weighted by Gasteiger charge is -2.18. The molecule has 0 fully saturated rings. The van der Waals surface area contributed by atoms with Gasteiger partial charge in [0, 0.05) is 21.7 Å². The zero-order chi connectivity index (χ0) is 12.4. The van der Waals surface area contributed by atoms with Crippen molar-refractivity contribution in [2.45, 2.75) is 46.2 Å². The highest BCUT2D eigenvalue weighted by molar-refractivity contribution is 7.19. The lowest BCUT2D eigenvalue weighted by molar-refractivity contribution is 0.473. The Morgan fingerprint density at radius 1 is 1.24 bits per heavy atom. The van der Waals surface area contributed by atoms with Gasteiger partial charge in [-0.1, -0.05) is 25.1 Å². The largest absolute Gasteiger partial charge is 0.307 e. The van der Waals surface area contributed by atoms with E-state index in [2.05, 4.69) is 57.3 Å². The molecule has 1 nitrogen and oxygen atoms in total. The lowest BCUT2D eigenvalue weighted by Crippen LogP contribution is -2.27. The Labute approximate surface area is 108 Å². The summed E-state index contributed by atoms with van der Waals surface area (Å²) in [5.41, 5.74) is 1.44. The van der Waals surface area contributed by atoms with Gasteiger partial charge < -0.3 is 5.32 Å². The fraction of sp³-hybridized carbons (Fsp3) is 0.467. The Kier molecular flexibility index (Phi) is 3.85. The van der Waals surface area contributed by atoms with Gasteiger partial charge in [0.2, 0.25) is 0 Å². The highest BCUT2D eigenvalue weighted by Gasteiger charge is 2.15. The number of aryl methyl sites for hydroxylation is 1. The van der Waals surface area contributed by atoms with Gasteiger partial charge >= 0.3 is 0 Å². The van der Waals surface area contributed by atoms with E-state index in [0.29, 0.717) is 12.1 Å². The zero-order valence-electron chi connectivity index (χ0n) is 11.1. The maximum absolute atomic E-state index is 3.66. The molecule has 0 amide bonds. The van der Waals surface area contributed by atoms with Crippen molar-refractivity contribution >= 4 is 21.4 Å². The van der Waals surface area contributed by atoms with Crippen molar-refractivity contribution in [3.05, 3.63) is 34.7 Å². The molecular formula is C15H21NS. The minimum absolute atomic E-state index is 0.447. The minimum atomic E-state index is 0.447. The van der Waals surface area contributed by atoms with Gasteiger partial charge in [-0.25, -0.2) is 0 Å². The van der Waals surface area contributed by atoms with Crippen LogP contribution in [0.2, 0.25) is 0 Å². The molecule has 0 aliphatic rings. The average molecular weight is 247 g/mol. The van der Waals surface area contributed by atoms with E-state index in [9.17, 15) is 0 Å². The van der Waals surface area contributed by atoms with Crippen LogP contribution >= 0.6 is 11.3 Å². The van der Waals surface area contributed by atoms with Gasteiger partial charge in [0.25, 0.3) is 0 Å². The Morgan fingerprint density at radius 3 is 2.59 bits per heavy atom. The molecule has 0 saturated carbocycles. The van der Waals surface area contributed by atoms with Crippen LogP contribution in [0.25, 0.3) is 10.1 Å². The number of rotatable bonds is 4. The first-order chi connectivity index (χ1) is 8.13. The van der Waals surface area contributed by atoms with E-state index >= 15 is 0 Å². The second kappa shape index (κ2) is 5.19. The fourth-order valence-corrected chi connectivity index (χ4v) is 3.45. The SMILES string of the molecule is CCC(C)NC(C)c1sc2ccccc2c1C. The van der Waals surface area contributed by atoms with Crippen molar-refractivity contribution in [2.24, 2.45) is 0 Å². The monoisotopic (exact) mass is 247 g/mol. The molecule has 0 saturated heterocycles. The summed E-state index contributed by atoms with van der Waals surface area (Å²) in [5, 5.41) is 5.07. The van der Waals surface area contributed by atoms with E-state index in [4.69, 9.17) is 0 Å². The summed E-state index contributed by atoms with van der Waals surface area (Å²) in [4.78, 5) is 1.48. The molecule has 2 unspecified atom stereocenters. The van der Waals surface area contributed by atoms with Gasteiger partial charge in [0.1, 0.15) is 0 Å². The van der Waals surface area contributed by atoms with Crippen LogP contribution in [-0.4, -0.2) is 6.04 Å². The molecule has 2 heteroatoms. The van der Waals surface area contributed by atoms with Crippen LogP contribution in [0.1, 0.15) is 43.7 Å². The molecule has 1 N–H and O–H groups in total. The molecule has 17 heavy (non-hydrogen) atoms. The predicted molar refractivity (Wildman–Crippen MR) is 77.9 cm³/mol. The van der Waals surface area contributed by atoms with E-state index in [1.54, 1.807) is 0 Å². The summed E-state index contributed by atoms with van der Waals surface area (Å²) in [6.45, 7) is 8.98. The third-order valence-corrected chi connectivity index (χ3v) is 4.88.